The summed E-state index contributed by atoms with van der Waals surface area (Å²) in [7, 11) is 1.58. The second-order valence-electron chi connectivity index (χ2n) is 8.09. The van der Waals surface area contributed by atoms with E-state index in [4.69, 9.17) is 14.5 Å². The van der Waals surface area contributed by atoms with Gasteiger partial charge in [-0.15, -0.1) is 0 Å². The van der Waals surface area contributed by atoms with Crippen molar-refractivity contribution in [3.05, 3.63) is 48.7 Å². The average Bonchev–Trinajstić information content (AvgIpc) is 3.38. The molecule has 0 unspecified atom stereocenters. The number of alkyl halides is 2. The molecule has 0 spiro atoms. The highest BCUT2D eigenvalue weighted by Gasteiger charge is 2.42. The summed E-state index contributed by atoms with van der Waals surface area (Å²) in [6.45, 7) is 2.14. The van der Waals surface area contributed by atoms with Gasteiger partial charge in [-0.25, -0.2) is 13.8 Å². The maximum atomic E-state index is 13.8. The van der Waals surface area contributed by atoms with E-state index < -0.39 is 12.0 Å². The van der Waals surface area contributed by atoms with Gasteiger partial charge in [0.15, 0.2) is 5.75 Å². The SMILES string of the molecule is COc1cnn(Cc2nc3cnc4ccccc4c3n2[C@@H]2CCO[C@@](C)(C(F)F)C2)c1. The molecule has 31 heavy (non-hydrogen) atoms. The van der Waals surface area contributed by atoms with E-state index in [-0.39, 0.29) is 19.1 Å². The number of hydrogen-bond donors (Lipinski definition) is 0. The van der Waals surface area contributed by atoms with Crippen LogP contribution in [0.25, 0.3) is 21.9 Å². The van der Waals surface area contributed by atoms with Crippen LogP contribution < -0.4 is 4.74 Å². The van der Waals surface area contributed by atoms with Crippen LogP contribution in [0.3, 0.4) is 0 Å². The maximum absolute atomic E-state index is 13.8. The topological polar surface area (TPSA) is 67.0 Å². The molecule has 4 heterocycles. The Kier molecular flexibility index (Phi) is 4.85. The first-order valence-corrected chi connectivity index (χ1v) is 10.2. The minimum absolute atomic E-state index is 0.184. The third-order valence-electron chi connectivity index (χ3n) is 6.00. The third-order valence-corrected chi connectivity index (χ3v) is 6.00. The van der Waals surface area contributed by atoms with E-state index in [1.807, 2.05) is 24.3 Å². The fourth-order valence-corrected chi connectivity index (χ4v) is 4.39. The second-order valence-corrected chi connectivity index (χ2v) is 8.09. The summed E-state index contributed by atoms with van der Waals surface area (Å²) in [6.07, 6.45) is 3.41. The number of pyridine rings is 1. The summed E-state index contributed by atoms with van der Waals surface area (Å²) >= 11 is 0. The van der Waals surface area contributed by atoms with Crippen LogP contribution in [0.4, 0.5) is 8.78 Å². The molecule has 2 atom stereocenters. The number of benzene rings is 1. The van der Waals surface area contributed by atoms with Gasteiger partial charge in [-0.05, 0) is 19.4 Å². The van der Waals surface area contributed by atoms with E-state index in [1.165, 1.54) is 6.92 Å². The molecule has 1 saturated heterocycles. The molecule has 3 aromatic heterocycles. The second kappa shape index (κ2) is 7.56. The number of hydrogen-bond acceptors (Lipinski definition) is 5. The Morgan fingerprint density at radius 2 is 2.10 bits per heavy atom. The molecule has 1 aliphatic heterocycles. The monoisotopic (exact) mass is 427 g/mol. The zero-order valence-corrected chi connectivity index (χ0v) is 17.3. The summed E-state index contributed by atoms with van der Waals surface area (Å²) in [5.41, 5.74) is 0.989. The molecular formula is C22H23F2N5O2. The first-order chi connectivity index (χ1) is 15.0. The number of methoxy groups -OCH3 is 1. The number of aromatic nitrogens is 5. The lowest BCUT2D eigenvalue weighted by atomic mass is 9.92. The van der Waals surface area contributed by atoms with Crippen LogP contribution in [0, 0.1) is 0 Å². The van der Waals surface area contributed by atoms with Crippen molar-refractivity contribution in [2.45, 2.75) is 44.4 Å². The van der Waals surface area contributed by atoms with Crippen LogP contribution in [0.15, 0.2) is 42.9 Å². The number of rotatable bonds is 5. The zero-order chi connectivity index (χ0) is 21.6. The molecule has 0 amide bonds. The van der Waals surface area contributed by atoms with E-state index >= 15 is 0 Å². The molecule has 0 N–H and O–H groups in total. The van der Waals surface area contributed by atoms with Crippen LogP contribution in [-0.4, -0.2) is 50.1 Å². The maximum Gasteiger partial charge on any atom is 0.266 e. The number of imidazole rings is 1. The standard InChI is InChI=1S/C22H23F2N5O2/c1-22(21(23)24)9-14(7-8-31-22)29-19(13-28-12-15(30-2)10-26-28)27-18-11-25-17-6-4-3-5-16(17)20(18)29/h3-6,10-12,14,21H,7-9,13H2,1-2H3/t14-,22-/m1/s1. The lowest BCUT2D eigenvalue weighted by molar-refractivity contribution is -0.161. The summed E-state index contributed by atoms with van der Waals surface area (Å²) < 4.78 is 42.1. The molecule has 162 valence electrons. The van der Waals surface area contributed by atoms with E-state index in [0.717, 1.165) is 27.8 Å². The first-order valence-electron chi connectivity index (χ1n) is 10.2. The summed E-state index contributed by atoms with van der Waals surface area (Å²) in [5.74, 6) is 1.38. The third kappa shape index (κ3) is 3.42. The van der Waals surface area contributed by atoms with Crippen LogP contribution in [0.1, 0.15) is 31.6 Å². The molecule has 4 aromatic rings. The van der Waals surface area contributed by atoms with Gasteiger partial charge in [0.05, 0.1) is 43.3 Å². The normalized spacial score (nSPS) is 21.9. The molecule has 7 nitrogen and oxygen atoms in total. The molecule has 1 aromatic carbocycles. The van der Waals surface area contributed by atoms with Crippen molar-refractivity contribution >= 4 is 21.9 Å². The van der Waals surface area contributed by atoms with Crippen LogP contribution in [0.2, 0.25) is 0 Å². The van der Waals surface area contributed by atoms with Crippen molar-refractivity contribution in [2.75, 3.05) is 13.7 Å². The highest BCUT2D eigenvalue weighted by Crippen LogP contribution is 2.39. The Morgan fingerprint density at radius 3 is 2.87 bits per heavy atom. The molecule has 9 heteroatoms. The van der Waals surface area contributed by atoms with Crippen molar-refractivity contribution in [3.8, 4) is 5.75 Å². The molecule has 0 saturated carbocycles. The van der Waals surface area contributed by atoms with E-state index in [0.29, 0.717) is 18.7 Å². The van der Waals surface area contributed by atoms with Crippen molar-refractivity contribution in [3.63, 3.8) is 0 Å². The highest BCUT2D eigenvalue weighted by molar-refractivity contribution is 6.02. The number of para-hydroxylation sites is 1. The largest absolute Gasteiger partial charge is 0.493 e. The van der Waals surface area contributed by atoms with E-state index in [9.17, 15) is 8.78 Å². The number of fused-ring (bicyclic) bond motifs is 3. The summed E-state index contributed by atoms with van der Waals surface area (Å²) in [6, 6.07) is 7.64. The molecule has 1 fully saturated rings. The van der Waals surface area contributed by atoms with Gasteiger partial charge in [0.25, 0.3) is 6.43 Å². The number of nitrogens with zero attached hydrogens (tertiary/aromatic N) is 5. The predicted octanol–water partition coefficient (Wildman–Crippen LogP) is 4.21. The Hall–Kier alpha value is -3.07. The van der Waals surface area contributed by atoms with Gasteiger partial charge >= 0.3 is 0 Å². The molecule has 5 rings (SSSR count). The Balaban J connectivity index is 1.68. The van der Waals surface area contributed by atoms with Gasteiger partial charge in [0, 0.05) is 24.5 Å². The quantitative estimate of drug-likeness (QED) is 0.477. The lowest BCUT2D eigenvalue weighted by Crippen LogP contribution is -2.44. The van der Waals surface area contributed by atoms with Crippen LogP contribution >= 0.6 is 0 Å². The van der Waals surface area contributed by atoms with Crippen molar-refractivity contribution in [1.82, 2.24) is 24.3 Å². The van der Waals surface area contributed by atoms with E-state index in [1.54, 1.807) is 30.4 Å². The lowest BCUT2D eigenvalue weighted by Gasteiger charge is -2.38. The molecule has 0 bridgehead atoms. The zero-order valence-electron chi connectivity index (χ0n) is 17.3. The minimum Gasteiger partial charge on any atom is -0.493 e. The predicted molar refractivity (Wildman–Crippen MR) is 112 cm³/mol. The Labute approximate surface area is 177 Å². The first kappa shape index (κ1) is 19.9. The van der Waals surface area contributed by atoms with Gasteiger partial charge in [0.2, 0.25) is 0 Å². The van der Waals surface area contributed by atoms with Crippen molar-refractivity contribution in [2.24, 2.45) is 0 Å². The number of halogens is 2. The van der Waals surface area contributed by atoms with E-state index in [2.05, 4.69) is 14.6 Å². The van der Waals surface area contributed by atoms with Crippen LogP contribution in [0.5, 0.6) is 5.75 Å². The van der Waals surface area contributed by atoms with Gasteiger partial charge in [-0.3, -0.25) is 9.67 Å². The molecule has 0 radical (unpaired) electrons. The molecule has 0 aliphatic carbocycles. The molecular weight excluding hydrogens is 404 g/mol. The van der Waals surface area contributed by atoms with Gasteiger partial charge < -0.3 is 14.0 Å². The van der Waals surface area contributed by atoms with Crippen molar-refractivity contribution < 1.29 is 18.3 Å². The Morgan fingerprint density at radius 1 is 1.26 bits per heavy atom. The highest BCUT2D eigenvalue weighted by atomic mass is 19.3. The van der Waals surface area contributed by atoms with Gasteiger partial charge in [-0.1, -0.05) is 18.2 Å². The van der Waals surface area contributed by atoms with Crippen molar-refractivity contribution in [1.29, 1.82) is 0 Å². The molecule has 1 aliphatic rings. The average molecular weight is 427 g/mol. The minimum atomic E-state index is -2.57. The van der Waals surface area contributed by atoms with Gasteiger partial charge in [-0.2, -0.15) is 5.10 Å². The summed E-state index contributed by atoms with van der Waals surface area (Å²) in [4.78, 5) is 9.36. The fraction of sp³-hybridized carbons (Fsp3) is 0.409. The Bertz CT molecular complexity index is 1240. The number of ether oxygens (including phenoxy) is 2. The summed E-state index contributed by atoms with van der Waals surface area (Å²) in [5, 5.41) is 5.28. The smallest absolute Gasteiger partial charge is 0.266 e. The van der Waals surface area contributed by atoms with Gasteiger partial charge in [0.1, 0.15) is 16.9 Å². The fourth-order valence-electron chi connectivity index (χ4n) is 4.39. The van der Waals surface area contributed by atoms with Crippen LogP contribution in [-0.2, 0) is 11.3 Å².